The Hall–Kier alpha value is -2.36. The quantitative estimate of drug-likeness (QED) is 0.647. The zero-order valence-electron chi connectivity index (χ0n) is 8.51. The van der Waals surface area contributed by atoms with E-state index in [1.165, 1.54) is 0 Å². The van der Waals surface area contributed by atoms with E-state index < -0.39 is 0 Å². The number of nitrogens with one attached hydrogen (secondary N) is 1. The number of nitrogens with zero attached hydrogens (tertiary/aromatic N) is 2. The Bertz CT molecular complexity index is 642. The molecule has 0 spiro atoms. The minimum atomic E-state index is 0.526. The average Bonchev–Trinajstić information content (AvgIpc) is 2.76. The van der Waals surface area contributed by atoms with E-state index in [2.05, 4.69) is 15.0 Å². The van der Waals surface area contributed by atoms with Crippen molar-refractivity contribution in [3.05, 3.63) is 42.9 Å². The molecule has 0 saturated heterocycles. The third kappa shape index (κ3) is 1.32. The predicted molar refractivity (Wildman–Crippen MR) is 63.7 cm³/mol. The molecule has 4 heteroatoms. The van der Waals surface area contributed by atoms with E-state index in [1.807, 2.05) is 30.5 Å². The Labute approximate surface area is 92.2 Å². The van der Waals surface area contributed by atoms with Gasteiger partial charge in [-0.15, -0.1) is 0 Å². The third-order valence-corrected chi connectivity index (χ3v) is 2.55. The number of rotatable bonds is 1. The molecule has 0 amide bonds. The second-order valence-electron chi connectivity index (χ2n) is 3.57. The van der Waals surface area contributed by atoms with Gasteiger partial charge in [0.15, 0.2) is 0 Å². The van der Waals surface area contributed by atoms with E-state index in [0.717, 1.165) is 22.2 Å². The van der Waals surface area contributed by atoms with Gasteiger partial charge in [0.25, 0.3) is 0 Å². The van der Waals surface area contributed by atoms with Crippen LogP contribution in [0.5, 0.6) is 0 Å². The van der Waals surface area contributed by atoms with Gasteiger partial charge in [0, 0.05) is 24.0 Å². The molecule has 3 aromatic rings. The molecular weight excluding hydrogens is 200 g/mol. The second-order valence-corrected chi connectivity index (χ2v) is 3.57. The first kappa shape index (κ1) is 8.91. The number of anilines is 1. The molecule has 0 aliphatic carbocycles. The van der Waals surface area contributed by atoms with Crippen molar-refractivity contribution in [1.29, 1.82) is 0 Å². The van der Waals surface area contributed by atoms with Gasteiger partial charge in [-0.2, -0.15) is 0 Å². The van der Waals surface area contributed by atoms with Gasteiger partial charge >= 0.3 is 0 Å². The van der Waals surface area contributed by atoms with E-state index in [1.54, 1.807) is 12.4 Å². The van der Waals surface area contributed by atoms with Crippen LogP contribution in [0.1, 0.15) is 0 Å². The SMILES string of the molecule is Nc1cc(-c2ccnc3[nH]ccc23)ccn1. The first-order chi connectivity index (χ1) is 7.84. The summed E-state index contributed by atoms with van der Waals surface area (Å²) in [7, 11) is 0. The van der Waals surface area contributed by atoms with Crippen LogP contribution in [-0.2, 0) is 0 Å². The molecule has 3 rings (SSSR count). The van der Waals surface area contributed by atoms with Gasteiger partial charge in [-0.1, -0.05) is 0 Å². The lowest BCUT2D eigenvalue weighted by Gasteiger charge is -2.03. The van der Waals surface area contributed by atoms with E-state index in [-0.39, 0.29) is 0 Å². The van der Waals surface area contributed by atoms with Gasteiger partial charge in [-0.05, 0) is 35.4 Å². The normalized spacial score (nSPS) is 10.8. The highest BCUT2D eigenvalue weighted by Crippen LogP contribution is 2.27. The van der Waals surface area contributed by atoms with Crippen LogP contribution in [-0.4, -0.2) is 15.0 Å². The van der Waals surface area contributed by atoms with E-state index >= 15 is 0 Å². The van der Waals surface area contributed by atoms with Gasteiger partial charge in [-0.25, -0.2) is 9.97 Å². The lowest BCUT2D eigenvalue weighted by atomic mass is 10.1. The van der Waals surface area contributed by atoms with E-state index in [0.29, 0.717) is 5.82 Å². The lowest BCUT2D eigenvalue weighted by Crippen LogP contribution is -1.90. The summed E-state index contributed by atoms with van der Waals surface area (Å²) in [6, 6.07) is 7.79. The fourth-order valence-corrected chi connectivity index (χ4v) is 1.83. The number of hydrogen-bond donors (Lipinski definition) is 2. The molecule has 0 fully saturated rings. The van der Waals surface area contributed by atoms with Gasteiger partial charge in [0.1, 0.15) is 11.5 Å². The first-order valence-electron chi connectivity index (χ1n) is 4.98. The van der Waals surface area contributed by atoms with Crippen LogP contribution in [0.4, 0.5) is 5.82 Å². The van der Waals surface area contributed by atoms with Crippen molar-refractivity contribution in [1.82, 2.24) is 15.0 Å². The summed E-state index contributed by atoms with van der Waals surface area (Å²) in [5, 5.41) is 1.09. The van der Waals surface area contributed by atoms with Crippen LogP contribution in [0, 0.1) is 0 Å². The maximum Gasteiger partial charge on any atom is 0.137 e. The van der Waals surface area contributed by atoms with Crippen molar-refractivity contribution in [2.24, 2.45) is 0 Å². The fourth-order valence-electron chi connectivity index (χ4n) is 1.83. The molecule has 78 valence electrons. The number of aromatic amines is 1. The van der Waals surface area contributed by atoms with E-state index in [9.17, 15) is 0 Å². The third-order valence-electron chi connectivity index (χ3n) is 2.55. The zero-order chi connectivity index (χ0) is 11.0. The van der Waals surface area contributed by atoms with Gasteiger partial charge in [0.2, 0.25) is 0 Å². The molecule has 0 saturated carbocycles. The highest BCUT2D eigenvalue weighted by atomic mass is 14.8. The smallest absolute Gasteiger partial charge is 0.137 e. The van der Waals surface area contributed by atoms with Crippen molar-refractivity contribution in [3.63, 3.8) is 0 Å². The Balaban J connectivity index is 2.29. The first-order valence-corrected chi connectivity index (χ1v) is 4.98. The summed E-state index contributed by atoms with van der Waals surface area (Å²) in [6.45, 7) is 0. The molecule has 0 aromatic carbocycles. The number of H-pyrrole nitrogens is 1. The molecule has 4 nitrogen and oxygen atoms in total. The number of pyridine rings is 2. The predicted octanol–water partition coefficient (Wildman–Crippen LogP) is 2.21. The van der Waals surface area contributed by atoms with Crippen LogP contribution in [0.25, 0.3) is 22.2 Å². The molecule has 0 unspecified atom stereocenters. The number of hydrogen-bond acceptors (Lipinski definition) is 3. The Kier molecular flexibility index (Phi) is 1.86. The zero-order valence-corrected chi connectivity index (χ0v) is 8.51. The molecule has 0 aliphatic heterocycles. The van der Waals surface area contributed by atoms with Gasteiger partial charge < -0.3 is 10.7 Å². The van der Waals surface area contributed by atoms with Crippen molar-refractivity contribution in [2.75, 3.05) is 5.73 Å². The maximum absolute atomic E-state index is 5.68. The minimum Gasteiger partial charge on any atom is -0.384 e. The second kappa shape index (κ2) is 3.34. The highest BCUT2D eigenvalue weighted by molar-refractivity contribution is 5.93. The Morgan fingerprint density at radius 2 is 1.94 bits per heavy atom. The number of nitrogen functional groups attached to an aromatic ring is 1. The Morgan fingerprint density at radius 1 is 1.06 bits per heavy atom. The van der Waals surface area contributed by atoms with Crippen LogP contribution < -0.4 is 5.73 Å². The maximum atomic E-state index is 5.68. The minimum absolute atomic E-state index is 0.526. The van der Waals surface area contributed by atoms with Crippen molar-refractivity contribution >= 4 is 16.9 Å². The molecule has 3 N–H and O–H groups in total. The summed E-state index contributed by atoms with van der Waals surface area (Å²) < 4.78 is 0. The topological polar surface area (TPSA) is 67.6 Å². The summed E-state index contributed by atoms with van der Waals surface area (Å²) in [6.07, 6.45) is 5.38. The summed E-state index contributed by atoms with van der Waals surface area (Å²) in [4.78, 5) is 11.3. The summed E-state index contributed by atoms with van der Waals surface area (Å²) in [5.41, 5.74) is 8.73. The summed E-state index contributed by atoms with van der Waals surface area (Å²) >= 11 is 0. The number of nitrogens with two attached hydrogens (primary N) is 1. The molecule has 16 heavy (non-hydrogen) atoms. The molecule has 0 radical (unpaired) electrons. The van der Waals surface area contributed by atoms with Crippen LogP contribution in [0.3, 0.4) is 0 Å². The molecule has 0 bridgehead atoms. The van der Waals surface area contributed by atoms with E-state index in [4.69, 9.17) is 5.73 Å². The monoisotopic (exact) mass is 210 g/mol. The molecule has 3 aromatic heterocycles. The molecule has 0 atom stereocenters. The molecular formula is C12H10N4. The van der Waals surface area contributed by atoms with Gasteiger partial charge in [0.05, 0.1) is 0 Å². The van der Waals surface area contributed by atoms with Crippen LogP contribution in [0.15, 0.2) is 42.9 Å². The van der Waals surface area contributed by atoms with Crippen LogP contribution in [0.2, 0.25) is 0 Å². The highest BCUT2D eigenvalue weighted by Gasteiger charge is 2.05. The number of aromatic nitrogens is 3. The standard InChI is InChI=1S/C12H10N4/c13-11-7-8(1-4-14-11)9-2-5-15-12-10(9)3-6-16-12/h1-7H,(H2,13,14)(H,15,16). The Morgan fingerprint density at radius 3 is 2.81 bits per heavy atom. The van der Waals surface area contributed by atoms with Gasteiger partial charge in [-0.3, -0.25) is 0 Å². The molecule has 0 aliphatic rings. The average molecular weight is 210 g/mol. The largest absolute Gasteiger partial charge is 0.384 e. The lowest BCUT2D eigenvalue weighted by molar-refractivity contribution is 1.32. The van der Waals surface area contributed by atoms with Crippen LogP contribution >= 0.6 is 0 Å². The van der Waals surface area contributed by atoms with Crippen molar-refractivity contribution < 1.29 is 0 Å². The fraction of sp³-hybridized carbons (Fsp3) is 0. The summed E-state index contributed by atoms with van der Waals surface area (Å²) in [5.74, 6) is 0.526. The molecule has 3 heterocycles. The van der Waals surface area contributed by atoms with Crippen molar-refractivity contribution in [2.45, 2.75) is 0 Å². The number of fused-ring (bicyclic) bond motifs is 1. The van der Waals surface area contributed by atoms with Crippen molar-refractivity contribution in [3.8, 4) is 11.1 Å².